The molecular weight excluding hydrogens is 390 g/mol. The second-order valence-corrected chi connectivity index (χ2v) is 11.0. The predicted molar refractivity (Wildman–Crippen MR) is 114 cm³/mol. The molecule has 1 saturated heterocycles. The molecule has 1 N–H and O–H groups in total. The summed E-state index contributed by atoms with van der Waals surface area (Å²) in [6.07, 6.45) is 2.40. The summed E-state index contributed by atoms with van der Waals surface area (Å²) >= 11 is 0. The predicted octanol–water partition coefficient (Wildman–Crippen LogP) is 1.65. The molecule has 1 aromatic rings. The van der Waals surface area contributed by atoms with Crippen molar-refractivity contribution in [3.8, 4) is 0 Å². The lowest BCUT2D eigenvalue weighted by Gasteiger charge is -2.33. The van der Waals surface area contributed by atoms with E-state index >= 15 is 0 Å². The number of amides is 2. The van der Waals surface area contributed by atoms with Crippen LogP contribution in [0.5, 0.6) is 0 Å². The van der Waals surface area contributed by atoms with Gasteiger partial charge in [0.05, 0.1) is 4.90 Å². The van der Waals surface area contributed by atoms with Crippen LogP contribution in [0.3, 0.4) is 0 Å². The molecule has 7 nitrogen and oxygen atoms in total. The van der Waals surface area contributed by atoms with Gasteiger partial charge in [-0.1, -0.05) is 13.8 Å². The lowest BCUT2D eigenvalue weighted by molar-refractivity contribution is -0.126. The minimum Gasteiger partial charge on any atom is -0.355 e. The quantitative estimate of drug-likeness (QED) is 0.721. The van der Waals surface area contributed by atoms with E-state index in [0.29, 0.717) is 38.0 Å². The van der Waals surface area contributed by atoms with Crippen molar-refractivity contribution >= 4 is 21.7 Å². The van der Waals surface area contributed by atoms with E-state index in [1.165, 1.54) is 12.1 Å². The molecule has 2 amide bonds. The summed E-state index contributed by atoms with van der Waals surface area (Å²) in [6.45, 7) is 6.80. The zero-order valence-electron chi connectivity index (χ0n) is 18.1. The molecule has 0 aromatic heterocycles. The van der Waals surface area contributed by atoms with Crippen LogP contribution in [0, 0.1) is 11.3 Å². The molecule has 1 aromatic carbocycles. The summed E-state index contributed by atoms with van der Waals surface area (Å²) < 4.78 is 23.1. The number of carbonyl (C=O) groups is 2. The zero-order chi connectivity index (χ0) is 21.8. The molecule has 0 saturated carbocycles. The van der Waals surface area contributed by atoms with Crippen molar-refractivity contribution < 1.29 is 18.0 Å². The highest BCUT2D eigenvalue weighted by atomic mass is 32.2. The van der Waals surface area contributed by atoms with Crippen LogP contribution in [0.2, 0.25) is 0 Å². The monoisotopic (exact) mass is 423 g/mol. The number of benzene rings is 1. The Morgan fingerprint density at radius 3 is 2.17 bits per heavy atom. The topological polar surface area (TPSA) is 86.8 Å². The Hall–Kier alpha value is -1.93. The van der Waals surface area contributed by atoms with Gasteiger partial charge in [-0.15, -0.1) is 0 Å². The standard InChI is InChI=1S/C21H33N3O4S/c1-21(2,15-23(3)4)14-22-19(25)16-10-12-24(13-11-16)20(26)17-6-8-18(9-7-17)29(5,27)28/h6-9,16H,10-15H2,1-5H3,(H,22,25). The van der Waals surface area contributed by atoms with Crippen LogP contribution < -0.4 is 5.32 Å². The first kappa shape index (κ1) is 23.3. The summed E-state index contributed by atoms with van der Waals surface area (Å²) in [5.74, 6) is -0.153. The Balaban J connectivity index is 1.86. The number of nitrogens with zero attached hydrogens (tertiary/aromatic N) is 2. The Kier molecular flexibility index (Phi) is 7.45. The van der Waals surface area contributed by atoms with E-state index in [4.69, 9.17) is 0 Å². The molecule has 1 aliphatic rings. The van der Waals surface area contributed by atoms with Crippen LogP contribution in [0.4, 0.5) is 0 Å². The minimum absolute atomic E-state index is 0.00599. The summed E-state index contributed by atoms with van der Waals surface area (Å²) in [5, 5.41) is 3.07. The van der Waals surface area contributed by atoms with Gasteiger partial charge in [0.1, 0.15) is 0 Å². The van der Waals surface area contributed by atoms with Gasteiger partial charge in [0.25, 0.3) is 5.91 Å². The van der Waals surface area contributed by atoms with Gasteiger partial charge in [-0.25, -0.2) is 8.42 Å². The van der Waals surface area contributed by atoms with Crippen LogP contribution in [-0.4, -0.2) is 76.6 Å². The Morgan fingerprint density at radius 1 is 1.14 bits per heavy atom. The summed E-state index contributed by atoms with van der Waals surface area (Å²) in [4.78, 5) is 29.2. The van der Waals surface area contributed by atoms with E-state index < -0.39 is 9.84 Å². The van der Waals surface area contributed by atoms with Crippen molar-refractivity contribution in [2.75, 3.05) is 46.5 Å². The molecule has 1 heterocycles. The maximum Gasteiger partial charge on any atom is 0.253 e. The molecule has 0 unspecified atom stereocenters. The van der Waals surface area contributed by atoms with E-state index in [9.17, 15) is 18.0 Å². The van der Waals surface area contributed by atoms with Gasteiger partial charge in [-0.2, -0.15) is 0 Å². The first-order valence-electron chi connectivity index (χ1n) is 9.91. The molecule has 29 heavy (non-hydrogen) atoms. The lowest BCUT2D eigenvalue weighted by Crippen LogP contribution is -2.46. The number of sulfone groups is 1. The van der Waals surface area contributed by atoms with Gasteiger partial charge in [0.2, 0.25) is 5.91 Å². The number of nitrogens with one attached hydrogen (secondary N) is 1. The average molecular weight is 424 g/mol. The smallest absolute Gasteiger partial charge is 0.253 e. The Bertz CT molecular complexity index is 824. The highest BCUT2D eigenvalue weighted by Gasteiger charge is 2.29. The third-order valence-electron chi connectivity index (χ3n) is 5.17. The van der Waals surface area contributed by atoms with Crippen LogP contribution in [0.25, 0.3) is 0 Å². The van der Waals surface area contributed by atoms with E-state index in [2.05, 4.69) is 24.1 Å². The second-order valence-electron chi connectivity index (χ2n) is 8.98. The van der Waals surface area contributed by atoms with Crippen LogP contribution in [-0.2, 0) is 14.6 Å². The van der Waals surface area contributed by atoms with Crippen LogP contribution >= 0.6 is 0 Å². The number of likely N-dealkylation sites (tertiary alicyclic amines) is 1. The second kappa shape index (κ2) is 9.26. The number of piperidine rings is 1. The van der Waals surface area contributed by atoms with Crippen molar-refractivity contribution in [3.63, 3.8) is 0 Å². The van der Waals surface area contributed by atoms with E-state index in [1.807, 2.05) is 14.1 Å². The Morgan fingerprint density at radius 2 is 1.69 bits per heavy atom. The highest BCUT2D eigenvalue weighted by Crippen LogP contribution is 2.21. The average Bonchev–Trinajstić information content (AvgIpc) is 2.64. The van der Waals surface area contributed by atoms with Gasteiger partial charge in [-0.3, -0.25) is 9.59 Å². The fraction of sp³-hybridized carbons (Fsp3) is 0.619. The van der Waals surface area contributed by atoms with Crippen molar-refractivity contribution in [1.29, 1.82) is 0 Å². The van der Waals surface area contributed by atoms with E-state index in [1.54, 1.807) is 17.0 Å². The number of hydrogen-bond acceptors (Lipinski definition) is 5. The van der Waals surface area contributed by atoms with Crippen molar-refractivity contribution in [2.45, 2.75) is 31.6 Å². The molecule has 1 aliphatic heterocycles. The lowest BCUT2D eigenvalue weighted by atomic mass is 9.91. The van der Waals surface area contributed by atoms with Crippen LogP contribution in [0.1, 0.15) is 37.0 Å². The third kappa shape index (κ3) is 6.82. The van der Waals surface area contributed by atoms with E-state index in [-0.39, 0.29) is 28.0 Å². The first-order chi connectivity index (χ1) is 13.4. The molecule has 8 heteroatoms. The molecule has 1 fully saturated rings. The maximum atomic E-state index is 12.7. The van der Waals surface area contributed by atoms with Gasteiger partial charge in [-0.05, 0) is 56.6 Å². The van der Waals surface area contributed by atoms with Crippen molar-refractivity contribution in [2.24, 2.45) is 11.3 Å². The molecule has 0 bridgehead atoms. The number of hydrogen-bond donors (Lipinski definition) is 1. The van der Waals surface area contributed by atoms with Crippen molar-refractivity contribution in [3.05, 3.63) is 29.8 Å². The molecule has 162 valence electrons. The third-order valence-corrected chi connectivity index (χ3v) is 6.30. The molecule has 0 atom stereocenters. The molecule has 0 aliphatic carbocycles. The summed E-state index contributed by atoms with van der Waals surface area (Å²) in [5.41, 5.74) is 0.458. The molecule has 2 rings (SSSR count). The van der Waals surface area contributed by atoms with E-state index in [0.717, 1.165) is 12.8 Å². The van der Waals surface area contributed by atoms with Gasteiger partial charge < -0.3 is 15.1 Å². The van der Waals surface area contributed by atoms with Gasteiger partial charge >= 0.3 is 0 Å². The maximum absolute atomic E-state index is 12.7. The molecule has 0 spiro atoms. The van der Waals surface area contributed by atoms with Crippen molar-refractivity contribution in [1.82, 2.24) is 15.1 Å². The molecular formula is C21H33N3O4S. The fourth-order valence-electron chi connectivity index (χ4n) is 3.75. The number of carbonyl (C=O) groups excluding carboxylic acids is 2. The normalized spacial score (nSPS) is 16.1. The highest BCUT2D eigenvalue weighted by molar-refractivity contribution is 7.90. The minimum atomic E-state index is -3.28. The summed E-state index contributed by atoms with van der Waals surface area (Å²) in [7, 11) is 0.756. The fourth-order valence-corrected chi connectivity index (χ4v) is 4.39. The molecule has 0 radical (unpaired) electrons. The number of rotatable bonds is 7. The SMILES string of the molecule is CN(C)CC(C)(C)CNC(=O)C1CCN(C(=O)c2ccc(S(C)(=O)=O)cc2)CC1. The largest absolute Gasteiger partial charge is 0.355 e. The van der Waals surface area contributed by atoms with Gasteiger partial charge in [0, 0.05) is 43.9 Å². The van der Waals surface area contributed by atoms with Gasteiger partial charge in [0.15, 0.2) is 9.84 Å². The Labute approximate surface area is 174 Å². The zero-order valence-corrected chi connectivity index (χ0v) is 18.9. The summed E-state index contributed by atoms with van der Waals surface area (Å²) in [6, 6.07) is 6.01. The first-order valence-corrected chi connectivity index (χ1v) is 11.8. The van der Waals surface area contributed by atoms with Crippen LogP contribution in [0.15, 0.2) is 29.2 Å².